The zero-order valence-electron chi connectivity index (χ0n) is 5.90. The van der Waals surface area contributed by atoms with Crippen LogP contribution in [0, 0.1) is 0 Å². The van der Waals surface area contributed by atoms with Gasteiger partial charge in [-0.25, -0.2) is 8.78 Å². The first-order valence-electron chi connectivity index (χ1n) is 2.97. The highest BCUT2D eigenvalue weighted by molar-refractivity contribution is 4.84. The Morgan fingerprint density at radius 3 is 2.40 bits per heavy atom. The molecule has 0 aliphatic heterocycles. The van der Waals surface area contributed by atoms with Crippen molar-refractivity contribution >= 4 is 0 Å². The molecule has 0 saturated carbocycles. The highest BCUT2D eigenvalue weighted by atomic mass is 19.3. The Labute approximate surface area is 59.1 Å². The molecule has 0 heterocycles. The summed E-state index contributed by atoms with van der Waals surface area (Å²) in [5.41, 5.74) is 2.02. The van der Waals surface area contributed by atoms with Gasteiger partial charge < -0.3 is 0 Å². The smallest absolute Gasteiger partial charge is 0.262 e. The Morgan fingerprint density at radius 1 is 1.80 bits per heavy atom. The molecule has 0 rings (SSSR count). The Morgan fingerprint density at radius 2 is 2.30 bits per heavy atom. The van der Waals surface area contributed by atoms with Crippen molar-refractivity contribution in [2.24, 2.45) is 5.84 Å². The summed E-state index contributed by atoms with van der Waals surface area (Å²) in [6.07, 6.45) is 1.57. The first-order valence-corrected chi connectivity index (χ1v) is 2.97. The highest BCUT2D eigenvalue weighted by Gasteiger charge is 2.31. The van der Waals surface area contributed by atoms with Crippen molar-refractivity contribution in [3.05, 3.63) is 12.7 Å². The van der Waals surface area contributed by atoms with Gasteiger partial charge in [-0.3, -0.25) is 11.3 Å². The Bertz CT molecular complexity index is 109. The standard InChI is InChI=1S/C6H12F2N2/c1-3-4-5(10-9)6(2,7)8/h3,5,10H,1,4,9H2,2H3. The fourth-order valence-corrected chi connectivity index (χ4v) is 0.588. The van der Waals surface area contributed by atoms with Crippen LogP contribution in [-0.2, 0) is 0 Å². The minimum atomic E-state index is -2.79. The van der Waals surface area contributed by atoms with Crippen LogP contribution in [0.25, 0.3) is 0 Å². The van der Waals surface area contributed by atoms with Crippen LogP contribution >= 0.6 is 0 Å². The summed E-state index contributed by atoms with van der Waals surface area (Å²) in [6, 6.07) is -1.01. The fraction of sp³-hybridized carbons (Fsp3) is 0.667. The van der Waals surface area contributed by atoms with E-state index in [1.54, 1.807) is 0 Å². The van der Waals surface area contributed by atoms with Crippen LogP contribution < -0.4 is 11.3 Å². The summed E-state index contributed by atoms with van der Waals surface area (Å²) in [5.74, 6) is 2.08. The minimum absolute atomic E-state index is 0.167. The van der Waals surface area contributed by atoms with Crippen molar-refractivity contribution < 1.29 is 8.78 Å². The lowest BCUT2D eigenvalue weighted by molar-refractivity contribution is -0.0172. The van der Waals surface area contributed by atoms with Gasteiger partial charge in [0.25, 0.3) is 5.92 Å². The van der Waals surface area contributed by atoms with E-state index in [1.807, 2.05) is 5.43 Å². The number of hydrazine groups is 1. The molecule has 0 aliphatic carbocycles. The summed E-state index contributed by atoms with van der Waals surface area (Å²) >= 11 is 0. The van der Waals surface area contributed by atoms with Gasteiger partial charge in [-0.2, -0.15) is 0 Å². The molecule has 0 amide bonds. The van der Waals surface area contributed by atoms with Gasteiger partial charge in [-0.1, -0.05) is 6.08 Å². The highest BCUT2D eigenvalue weighted by Crippen LogP contribution is 2.18. The third kappa shape index (κ3) is 2.89. The summed E-state index contributed by atoms with van der Waals surface area (Å²) in [7, 11) is 0. The Hall–Kier alpha value is -0.480. The molecule has 0 aromatic carbocycles. The quantitative estimate of drug-likeness (QED) is 0.357. The molecule has 0 aromatic rings. The summed E-state index contributed by atoms with van der Waals surface area (Å²) in [6.45, 7) is 4.15. The first-order chi connectivity index (χ1) is 4.52. The molecule has 0 bridgehead atoms. The third-order valence-corrected chi connectivity index (χ3v) is 1.22. The first kappa shape index (κ1) is 9.52. The van der Waals surface area contributed by atoms with Gasteiger partial charge >= 0.3 is 0 Å². The topological polar surface area (TPSA) is 38.0 Å². The van der Waals surface area contributed by atoms with Crippen LogP contribution in [0.15, 0.2) is 12.7 Å². The molecule has 0 aromatic heterocycles. The van der Waals surface area contributed by atoms with Crippen LogP contribution in [0.5, 0.6) is 0 Å². The molecule has 10 heavy (non-hydrogen) atoms. The lowest BCUT2D eigenvalue weighted by atomic mass is 10.1. The van der Waals surface area contributed by atoms with E-state index in [0.29, 0.717) is 0 Å². The van der Waals surface area contributed by atoms with Gasteiger partial charge in [-0.05, 0) is 6.42 Å². The number of hydrogen-bond acceptors (Lipinski definition) is 2. The van der Waals surface area contributed by atoms with Crippen molar-refractivity contribution in [2.45, 2.75) is 25.3 Å². The van der Waals surface area contributed by atoms with Crippen molar-refractivity contribution in [2.75, 3.05) is 0 Å². The molecule has 0 fully saturated rings. The predicted octanol–water partition coefficient (Wildman–Crippen LogP) is 1.05. The summed E-state index contributed by atoms with van der Waals surface area (Å²) < 4.78 is 24.8. The second-order valence-corrected chi connectivity index (χ2v) is 2.20. The van der Waals surface area contributed by atoms with E-state index in [4.69, 9.17) is 5.84 Å². The molecule has 2 nitrogen and oxygen atoms in total. The maximum Gasteiger partial charge on any atom is 0.262 e. The number of halogens is 2. The van der Waals surface area contributed by atoms with Gasteiger partial charge in [0, 0.05) is 6.92 Å². The Balaban J connectivity index is 3.92. The third-order valence-electron chi connectivity index (χ3n) is 1.22. The molecule has 3 N–H and O–H groups in total. The van der Waals surface area contributed by atoms with Crippen LogP contribution in [0.1, 0.15) is 13.3 Å². The van der Waals surface area contributed by atoms with E-state index in [-0.39, 0.29) is 6.42 Å². The number of hydrogen-bond donors (Lipinski definition) is 2. The maximum atomic E-state index is 12.4. The van der Waals surface area contributed by atoms with E-state index < -0.39 is 12.0 Å². The average molecular weight is 150 g/mol. The van der Waals surface area contributed by atoms with Crippen molar-refractivity contribution in [3.8, 4) is 0 Å². The second kappa shape index (κ2) is 3.63. The van der Waals surface area contributed by atoms with E-state index in [9.17, 15) is 8.78 Å². The normalized spacial score (nSPS) is 14.8. The van der Waals surface area contributed by atoms with E-state index in [0.717, 1.165) is 6.92 Å². The monoisotopic (exact) mass is 150 g/mol. The molecule has 0 saturated heterocycles. The van der Waals surface area contributed by atoms with Gasteiger partial charge in [0.05, 0.1) is 6.04 Å². The van der Waals surface area contributed by atoms with Gasteiger partial charge in [0.2, 0.25) is 0 Å². The molecular weight excluding hydrogens is 138 g/mol. The van der Waals surface area contributed by atoms with Crippen molar-refractivity contribution in [3.63, 3.8) is 0 Å². The molecule has 0 spiro atoms. The van der Waals surface area contributed by atoms with Gasteiger partial charge in [0.1, 0.15) is 0 Å². The van der Waals surface area contributed by atoms with E-state index in [1.165, 1.54) is 6.08 Å². The number of nitrogens with one attached hydrogen (secondary N) is 1. The van der Waals surface area contributed by atoms with Crippen LogP contribution in [-0.4, -0.2) is 12.0 Å². The van der Waals surface area contributed by atoms with Crippen molar-refractivity contribution in [1.82, 2.24) is 5.43 Å². The molecule has 0 radical (unpaired) electrons. The molecule has 60 valence electrons. The molecule has 0 aliphatic rings. The second-order valence-electron chi connectivity index (χ2n) is 2.20. The number of rotatable bonds is 4. The Kier molecular flexibility index (Phi) is 3.46. The van der Waals surface area contributed by atoms with Crippen LogP contribution in [0.3, 0.4) is 0 Å². The largest absolute Gasteiger partial charge is 0.271 e. The zero-order chi connectivity index (χ0) is 8.20. The average Bonchev–Trinajstić information content (AvgIpc) is 1.80. The molecule has 1 atom stereocenters. The SMILES string of the molecule is C=CCC(NN)C(C)(F)F. The van der Waals surface area contributed by atoms with Crippen molar-refractivity contribution in [1.29, 1.82) is 0 Å². The van der Waals surface area contributed by atoms with Gasteiger partial charge in [-0.15, -0.1) is 6.58 Å². The van der Waals surface area contributed by atoms with Crippen LogP contribution in [0.4, 0.5) is 8.78 Å². The van der Waals surface area contributed by atoms with E-state index in [2.05, 4.69) is 6.58 Å². The molecule has 1 unspecified atom stereocenters. The fourth-order valence-electron chi connectivity index (χ4n) is 0.588. The maximum absolute atomic E-state index is 12.4. The van der Waals surface area contributed by atoms with E-state index >= 15 is 0 Å². The molecular formula is C6H12F2N2. The number of nitrogens with two attached hydrogens (primary N) is 1. The predicted molar refractivity (Wildman–Crippen MR) is 36.5 cm³/mol. The summed E-state index contributed by atoms with van der Waals surface area (Å²) in [4.78, 5) is 0. The minimum Gasteiger partial charge on any atom is -0.271 e. The van der Waals surface area contributed by atoms with Gasteiger partial charge in [0.15, 0.2) is 0 Å². The zero-order valence-corrected chi connectivity index (χ0v) is 5.90. The molecule has 4 heteroatoms. The summed E-state index contributed by atoms with van der Waals surface area (Å²) in [5, 5.41) is 0. The number of alkyl halides is 2. The van der Waals surface area contributed by atoms with Crippen LogP contribution in [0.2, 0.25) is 0 Å². The lowest BCUT2D eigenvalue weighted by Crippen LogP contribution is -2.46. The lowest BCUT2D eigenvalue weighted by Gasteiger charge is -2.20.